The molecule has 0 spiro atoms. The van der Waals surface area contributed by atoms with Crippen LogP contribution >= 0.6 is 24.0 Å². The van der Waals surface area contributed by atoms with Crippen LogP contribution in [0.15, 0.2) is 58.4 Å². The SMILES string of the molecule is CN=C(NCc1ccc(S(=O)(=O)NC2CC2)cc1)NCC(C)c1ccc(C)cc1.I. The zero-order valence-electron chi connectivity index (χ0n) is 17.7. The van der Waals surface area contributed by atoms with Crippen molar-refractivity contribution in [2.45, 2.75) is 50.1 Å². The maximum Gasteiger partial charge on any atom is 0.240 e. The number of aryl methyl sites for hydroxylation is 1. The first-order valence-electron chi connectivity index (χ1n) is 10.00. The summed E-state index contributed by atoms with van der Waals surface area (Å²) in [6.45, 7) is 5.60. The van der Waals surface area contributed by atoms with E-state index in [4.69, 9.17) is 0 Å². The number of rotatable bonds is 8. The van der Waals surface area contributed by atoms with Crippen LogP contribution in [0.2, 0.25) is 0 Å². The molecule has 3 N–H and O–H groups in total. The summed E-state index contributed by atoms with van der Waals surface area (Å²) in [7, 11) is -1.66. The lowest BCUT2D eigenvalue weighted by Gasteiger charge is -2.17. The number of nitrogens with zero attached hydrogens (tertiary/aromatic N) is 1. The maximum atomic E-state index is 12.2. The second-order valence-electron chi connectivity index (χ2n) is 7.66. The van der Waals surface area contributed by atoms with Crippen LogP contribution in [0.3, 0.4) is 0 Å². The third-order valence-electron chi connectivity index (χ3n) is 5.04. The van der Waals surface area contributed by atoms with E-state index in [2.05, 4.69) is 58.5 Å². The zero-order chi connectivity index (χ0) is 20.9. The molecule has 6 nitrogen and oxygen atoms in total. The Morgan fingerprint density at radius 2 is 1.70 bits per heavy atom. The molecule has 1 aliphatic rings. The highest BCUT2D eigenvalue weighted by molar-refractivity contribution is 14.0. The number of aliphatic imine (C=N–C) groups is 1. The van der Waals surface area contributed by atoms with Crippen molar-refractivity contribution < 1.29 is 8.42 Å². The van der Waals surface area contributed by atoms with Gasteiger partial charge in [0.25, 0.3) is 0 Å². The first-order chi connectivity index (χ1) is 13.9. The summed E-state index contributed by atoms with van der Waals surface area (Å²) in [5.74, 6) is 1.08. The number of benzene rings is 2. The maximum absolute atomic E-state index is 12.2. The molecule has 1 unspecified atom stereocenters. The van der Waals surface area contributed by atoms with E-state index in [-0.39, 0.29) is 30.0 Å². The molecular weight excluding hydrogens is 511 g/mol. The van der Waals surface area contributed by atoms with Crippen molar-refractivity contribution in [3.8, 4) is 0 Å². The Bertz CT molecular complexity index is 940. The molecule has 164 valence electrons. The van der Waals surface area contributed by atoms with Gasteiger partial charge in [-0.2, -0.15) is 0 Å². The third-order valence-corrected chi connectivity index (χ3v) is 6.57. The molecule has 3 rings (SSSR count). The Morgan fingerprint density at radius 3 is 2.27 bits per heavy atom. The van der Waals surface area contributed by atoms with Crippen LogP contribution in [0.25, 0.3) is 0 Å². The van der Waals surface area contributed by atoms with Gasteiger partial charge in [0.15, 0.2) is 5.96 Å². The van der Waals surface area contributed by atoms with Crippen LogP contribution in [0.4, 0.5) is 0 Å². The average molecular weight is 542 g/mol. The fraction of sp³-hybridized carbons (Fsp3) is 0.409. The molecular formula is C22H31IN4O2S. The fourth-order valence-corrected chi connectivity index (χ4v) is 4.25. The Balaban J connectivity index is 0.00000320. The van der Waals surface area contributed by atoms with Gasteiger partial charge in [-0.15, -0.1) is 24.0 Å². The van der Waals surface area contributed by atoms with Crippen LogP contribution in [-0.2, 0) is 16.6 Å². The monoisotopic (exact) mass is 542 g/mol. The Kier molecular flexibility index (Phi) is 9.11. The predicted octanol–water partition coefficient (Wildman–Crippen LogP) is 3.52. The van der Waals surface area contributed by atoms with Crippen molar-refractivity contribution in [1.29, 1.82) is 0 Å². The molecule has 0 radical (unpaired) electrons. The lowest BCUT2D eigenvalue weighted by molar-refractivity contribution is 0.581. The first kappa shape index (κ1) is 24.6. The summed E-state index contributed by atoms with van der Waals surface area (Å²) in [5, 5.41) is 6.63. The van der Waals surface area contributed by atoms with Crippen molar-refractivity contribution >= 4 is 40.0 Å². The largest absolute Gasteiger partial charge is 0.356 e. The van der Waals surface area contributed by atoms with Gasteiger partial charge in [0, 0.05) is 26.2 Å². The van der Waals surface area contributed by atoms with Gasteiger partial charge in [0.2, 0.25) is 10.0 Å². The van der Waals surface area contributed by atoms with Crippen LogP contribution in [-0.4, -0.2) is 34.0 Å². The molecule has 2 aromatic rings. The number of halogens is 1. The summed E-state index contributed by atoms with van der Waals surface area (Å²) in [4.78, 5) is 4.58. The minimum atomic E-state index is -3.40. The minimum Gasteiger partial charge on any atom is -0.356 e. The molecule has 0 bridgehead atoms. The molecule has 8 heteroatoms. The second kappa shape index (κ2) is 11.1. The van der Waals surface area contributed by atoms with Crippen LogP contribution < -0.4 is 15.4 Å². The number of nitrogens with one attached hydrogen (secondary N) is 3. The van der Waals surface area contributed by atoms with Gasteiger partial charge in [-0.3, -0.25) is 4.99 Å². The normalized spacial score (nSPS) is 15.2. The summed E-state index contributed by atoms with van der Waals surface area (Å²) in [6, 6.07) is 15.6. The van der Waals surface area contributed by atoms with Crippen molar-refractivity contribution in [3.63, 3.8) is 0 Å². The van der Waals surface area contributed by atoms with E-state index < -0.39 is 10.0 Å². The number of hydrogen-bond acceptors (Lipinski definition) is 3. The average Bonchev–Trinajstić information content (AvgIpc) is 3.52. The lowest BCUT2D eigenvalue weighted by Crippen LogP contribution is -2.38. The Labute approximate surface area is 197 Å². The molecule has 30 heavy (non-hydrogen) atoms. The van der Waals surface area contributed by atoms with Gasteiger partial charge in [-0.05, 0) is 48.9 Å². The van der Waals surface area contributed by atoms with E-state index >= 15 is 0 Å². The highest BCUT2D eigenvalue weighted by atomic mass is 127. The van der Waals surface area contributed by atoms with E-state index in [9.17, 15) is 8.42 Å². The summed E-state index contributed by atoms with van der Waals surface area (Å²) in [5.41, 5.74) is 3.54. The minimum absolute atomic E-state index is 0. The fourth-order valence-electron chi connectivity index (χ4n) is 2.94. The quantitative estimate of drug-likeness (QED) is 0.271. The second-order valence-corrected chi connectivity index (χ2v) is 9.37. The van der Waals surface area contributed by atoms with Gasteiger partial charge in [-0.1, -0.05) is 48.9 Å². The Morgan fingerprint density at radius 1 is 1.07 bits per heavy atom. The molecule has 0 aromatic heterocycles. The molecule has 1 atom stereocenters. The van der Waals surface area contributed by atoms with Crippen molar-refractivity contribution in [1.82, 2.24) is 15.4 Å². The number of sulfonamides is 1. The number of hydrogen-bond donors (Lipinski definition) is 3. The Hall–Kier alpha value is -1.65. The molecule has 0 saturated heterocycles. The van der Waals surface area contributed by atoms with Gasteiger partial charge >= 0.3 is 0 Å². The molecule has 2 aromatic carbocycles. The van der Waals surface area contributed by atoms with Crippen LogP contribution in [0.5, 0.6) is 0 Å². The molecule has 1 fully saturated rings. The number of guanidine groups is 1. The highest BCUT2D eigenvalue weighted by Crippen LogP contribution is 2.22. The van der Waals surface area contributed by atoms with Gasteiger partial charge in [0.05, 0.1) is 4.90 Å². The topological polar surface area (TPSA) is 82.6 Å². The third kappa shape index (κ3) is 7.24. The smallest absolute Gasteiger partial charge is 0.240 e. The molecule has 0 aliphatic heterocycles. The van der Waals surface area contributed by atoms with Gasteiger partial charge in [0.1, 0.15) is 0 Å². The summed E-state index contributed by atoms with van der Waals surface area (Å²) >= 11 is 0. The summed E-state index contributed by atoms with van der Waals surface area (Å²) < 4.78 is 27.2. The van der Waals surface area contributed by atoms with Crippen LogP contribution in [0.1, 0.15) is 42.4 Å². The van der Waals surface area contributed by atoms with E-state index in [1.807, 2.05) is 12.1 Å². The van der Waals surface area contributed by atoms with Gasteiger partial charge in [-0.25, -0.2) is 13.1 Å². The van der Waals surface area contributed by atoms with Crippen LogP contribution in [0, 0.1) is 6.92 Å². The first-order valence-corrected chi connectivity index (χ1v) is 11.5. The predicted molar refractivity (Wildman–Crippen MR) is 133 cm³/mol. The zero-order valence-corrected chi connectivity index (χ0v) is 20.8. The highest BCUT2D eigenvalue weighted by Gasteiger charge is 2.27. The van der Waals surface area contributed by atoms with Gasteiger partial charge < -0.3 is 10.6 Å². The standard InChI is InChI=1S/C22H30N4O2S.HI/c1-16-4-8-19(9-5-16)17(2)14-24-22(23-3)25-15-18-6-12-21(13-7-18)29(27,28)26-20-10-11-20;/h4-9,12-13,17,20,26H,10-11,14-15H2,1-3H3,(H2,23,24,25);1H. The van der Waals surface area contributed by atoms with E-state index in [1.54, 1.807) is 19.2 Å². The molecule has 1 aliphatic carbocycles. The lowest BCUT2D eigenvalue weighted by atomic mass is 10.0. The molecule has 0 heterocycles. The van der Waals surface area contributed by atoms with E-state index in [1.165, 1.54) is 11.1 Å². The molecule has 1 saturated carbocycles. The van der Waals surface area contributed by atoms with Crippen molar-refractivity contribution in [2.75, 3.05) is 13.6 Å². The van der Waals surface area contributed by atoms with E-state index in [0.29, 0.717) is 17.4 Å². The van der Waals surface area contributed by atoms with Crippen molar-refractivity contribution in [3.05, 3.63) is 65.2 Å². The van der Waals surface area contributed by atoms with E-state index in [0.717, 1.165) is 30.9 Å². The summed E-state index contributed by atoms with van der Waals surface area (Å²) in [6.07, 6.45) is 1.85. The molecule has 0 amide bonds. The van der Waals surface area contributed by atoms with Crippen molar-refractivity contribution in [2.24, 2.45) is 4.99 Å².